The summed E-state index contributed by atoms with van der Waals surface area (Å²) in [5, 5.41) is 11.9. The van der Waals surface area contributed by atoms with Crippen LogP contribution in [0.1, 0.15) is 30.9 Å². The third-order valence-corrected chi connectivity index (χ3v) is 2.51. The second-order valence-electron chi connectivity index (χ2n) is 3.65. The van der Waals surface area contributed by atoms with Gasteiger partial charge in [-0.05, 0) is 30.9 Å². The zero-order valence-electron chi connectivity index (χ0n) is 9.51. The van der Waals surface area contributed by atoms with Crippen LogP contribution < -0.4 is 5.32 Å². The van der Waals surface area contributed by atoms with E-state index in [9.17, 15) is 0 Å². The monoisotopic (exact) mass is 202 g/mol. The van der Waals surface area contributed by atoms with Crippen LogP contribution in [0, 0.1) is 18.3 Å². The molecule has 0 aliphatic rings. The molecule has 0 saturated carbocycles. The second kappa shape index (κ2) is 6.08. The highest BCUT2D eigenvalue weighted by molar-refractivity contribution is 5.57. The van der Waals surface area contributed by atoms with Crippen LogP contribution in [0.5, 0.6) is 0 Å². The maximum Gasteiger partial charge on any atom is 0.0622 e. The van der Waals surface area contributed by atoms with Gasteiger partial charge in [0.25, 0.3) is 0 Å². The van der Waals surface area contributed by atoms with Crippen molar-refractivity contribution in [3.05, 3.63) is 29.3 Å². The van der Waals surface area contributed by atoms with Crippen molar-refractivity contribution in [2.75, 3.05) is 11.9 Å². The van der Waals surface area contributed by atoms with Crippen LogP contribution in [0.25, 0.3) is 0 Å². The maximum absolute atomic E-state index is 8.44. The summed E-state index contributed by atoms with van der Waals surface area (Å²) in [6.45, 7) is 5.16. The first-order valence-corrected chi connectivity index (χ1v) is 5.49. The SMILES string of the molecule is CCc1cccc(C)c1NCCCC#N. The summed E-state index contributed by atoms with van der Waals surface area (Å²) in [7, 11) is 0. The summed E-state index contributed by atoms with van der Waals surface area (Å²) < 4.78 is 0. The predicted octanol–water partition coefficient (Wildman–Crippen LogP) is 3.27. The molecular formula is C13H18N2. The fraction of sp³-hybridized carbons (Fsp3) is 0.462. The average molecular weight is 202 g/mol. The van der Waals surface area contributed by atoms with Gasteiger partial charge in [0.2, 0.25) is 0 Å². The number of aryl methyl sites for hydroxylation is 2. The van der Waals surface area contributed by atoms with E-state index in [1.807, 2.05) is 0 Å². The van der Waals surface area contributed by atoms with Crippen molar-refractivity contribution in [2.24, 2.45) is 0 Å². The lowest BCUT2D eigenvalue weighted by molar-refractivity contribution is 0.893. The summed E-state index contributed by atoms with van der Waals surface area (Å²) in [5.41, 5.74) is 3.89. The predicted molar refractivity (Wildman–Crippen MR) is 63.9 cm³/mol. The molecule has 0 radical (unpaired) electrons. The topological polar surface area (TPSA) is 35.8 Å². The van der Waals surface area contributed by atoms with Crippen molar-refractivity contribution in [3.8, 4) is 6.07 Å². The van der Waals surface area contributed by atoms with Gasteiger partial charge < -0.3 is 5.32 Å². The fourth-order valence-corrected chi connectivity index (χ4v) is 1.66. The maximum atomic E-state index is 8.44. The van der Waals surface area contributed by atoms with E-state index in [0.717, 1.165) is 19.4 Å². The standard InChI is InChI=1S/C13H18N2/c1-3-12-8-6-7-11(2)13(12)15-10-5-4-9-14/h6-8,15H,3-5,10H2,1-2H3. The highest BCUT2D eigenvalue weighted by atomic mass is 14.9. The molecule has 0 heterocycles. The molecular weight excluding hydrogens is 184 g/mol. The van der Waals surface area contributed by atoms with Gasteiger partial charge in [0.1, 0.15) is 0 Å². The quantitative estimate of drug-likeness (QED) is 0.744. The molecule has 0 spiro atoms. The molecule has 0 saturated heterocycles. The highest BCUT2D eigenvalue weighted by Gasteiger charge is 2.02. The second-order valence-corrected chi connectivity index (χ2v) is 3.65. The molecule has 1 N–H and O–H groups in total. The zero-order valence-corrected chi connectivity index (χ0v) is 9.51. The third kappa shape index (κ3) is 3.28. The smallest absolute Gasteiger partial charge is 0.0622 e. The molecule has 0 bridgehead atoms. The molecule has 80 valence electrons. The number of para-hydroxylation sites is 1. The van der Waals surface area contributed by atoms with E-state index in [4.69, 9.17) is 5.26 Å². The number of rotatable bonds is 5. The van der Waals surface area contributed by atoms with Crippen molar-refractivity contribution in [1.82, 2.24) is 0 Å². The van der Waals surface area contributed by atoms with Crippen LogP contribution in [0.4, 0.5) is 5.69 Å². The number of unbranched alkanes of at least 4 members (excludes halogenated alkanes) is 1. The van der Waals surface area contributed by atoms with Gasteiger partial charge >= 0.3 is 0 Å². The summed E-state index contributed by atoms with van der Waals surface area (Å²) in [6, 6.07) is 8.52. The van der Waals surface area contributed by atoms with Gasteiger partial charge in [-0.15, -0.1) is 0 Å². The largest absolute Gasteiger partial charge is 0.385 e. The van der Waals surface area contributed by atoms with Crippen LogP contribution in [-0.4, -0.2) is 6.54 Å². The first-order chi connectivity index (χ1) is 7.29. The Labute approximate surface area is 91.9 Å². The minimum absolute atomic E-state index is 0.625. The van der Waals surface area contributed by atoms with E-state index in [-0.39, 0.29) is 0 Å². The molecule has 1 aromatic rings. The first kappa shape index (κ1) is 11.6. The Balaban J connectivity index is 2.63. The molecule has 0 aromatic heterocycles. The van der Waals surface area contributed by atoms with Crippen LogP contribution in [0.2, 0.25) is 0 Å². The molecule has 0 amide bonds. The molecule has 1 aromatic carbocycles. The lowest BCUT2D eigenvalue weighted by Crippen LogP contribution is -2.05. The number of benzene rings is 1. The van der Waals surface area contributed by atoms with Gasteiger partial charge in [-0.1, -0.05) is 25.1 Å². The molecule has 2 nitrogen and oxygen atoms in total. The summed E-state index contributed by atoms with van der Waals surface area (Å²) in [4.78, 5) is 0. The summed E-state index contributed by atoms with van der Waals surface area (Å²) in [5.74, 6) is 0. The normalized spacial score (nSPS) is 9.67. The Bertz CT molecular complexity index is 350. The molecule has 0 atom stereocenters. The van der Waals surface area contributed by atoms with Crippen LogP contribution in [0.15, 0.2) is 18.2 Å². The van der Waals surface area contributed by atoms with E-state index in [2.05, 4.69) is 43.4 Å². The molecule has 15 heavy (non-hydrogen) atoms. The Morgan fingerprint density at radius 3 is 2.87 bits per heavy atom. The molecule has 2 heteroatoms. The van der Waals surface area contributed by atoms with Gasteiger partial charge in [0.05, 0.1) is 6.07 Å². The van der Waals surface area contributed by atoms with Crippen LogP contribution in [0.3, 0.4) is 0 Å². The number of hydrogen-bond acceptors (Lipinski definition) is 2. The van der Waals surface area contributed by atoms with Crippen molar-refractivity contribution in [3.63, 3.8) is 0 Å². The minimum atomic E-state index is 0.625. The zero-order chi connectivity index (χ0) is 11.1. The lowest BCUT2D eigenvalue weighted by atomic mass is 10.1. The van der Waals surface area contributed by atoms with Crippen LogP contribution >= 0.6 is 0 Å². The first-order valence-electron chi connectivity index (χ1n) is 5.49. The van der Waals surface area contributed by atoms with E-state index in [1.54, 1.807) is 0 Å². The van der Waals surface area contributed by atoms with Crippen molar-refractivity contribution in [1.29, 1.82) is 5.26 Å². The third-order valence-electron chi connectivity index (χ3n) is 2.51. The lowest BCUT2D eigenvalue weighted by Gasteiger charge is -2.13. The fourth-order valence-electron chi connectivity index (χ4n) is 1.66. The number of nitriles is 1. The van der Waals surface area contributed by atoms with Crippen molar-refractivity contribution in [2.45, 2.75) is 33.1 Å². The van der Waals surface area contributed by atoms with E-state index < -0.39 is 0 Å². The van der Waals surface area contributed by atoms with Gasteiger partial charge in [-0.3, -0.25) is 0 Å². The van der Waals surface area contributed by atoms with Crippen LogP contribution in [-0.2, 0) is 6.42 Å². The number of nitrogens with zero attached hydrogens (tertiary/aromatic N) is 1. The Kier molecular flexibility index (Phi) is 4.70. The van der Waals surface area contributed by atoms with Gasteiger partial charge in [0.15, 0.2) is 0 Å². The number of hydrogen-bond donors (Lipinski definition) is 1. The Morgan fingerprint density at radius 1 is 1.40 bits per heavy atom. The summed E-state index contributed by atoms with van der Waals surface area (Å²) >= 11 is 0. The molecule has 0 fully saturated rings. The van der Waals surface area contributed by atoms with Gasteiger partial charge in [0, 0.05) is 18.7 Å². The Morgan fingerprint density at radius 2 is 2.20 bits per heavy atom. The average Bonchev–Trinajstić information content (AvgIpc) is 2.26. The minimum Gasteiger partial charge on any atom is -0.385 e. The van der Waals surface area contributed by atoms with E-state index in [0.29, 0.717) is 6.42 Å². The van der Waals surface area contributed by atoms with Crippen molar-refractivity contribution >= 4 is 5.69 Å². The molecule has 0 aliphatic heterocycles. The molecule has 0 unspecified atom stereocenters. The van der Waals surface area contributed by atoms with Gasteiger partial charge in [-0.25, -0.2) is 0 Å². The van der Waals surface area contributed by atoms with Gasteiger partial charge in [-0.2, -0.15) is 5.26 Å². The molecule has 1 rings (SSSR count). The number of anilines is 1. The highest BCUT2D eigenvalue weighted by Crippen LogP contribution is 2.20. The number of nitrogens with one attached hydrogen (secondary N) is 1. The Hall–Kier alpha value is -1.49. The molecule has 0 aliphatic carbocycles. The summed E-state index contributed by atoms with van der Waals surface area (Å²) in [6.07, 6.45) is 2.58. The van der Waals surface area contributed by atoms with E-state index >= 15 is 0 Å². The van der Waals surface area contributed by atoms with Crippen molar-refractivity contribution < 1.29 is 0 Å². The van der Waals surface area contributed by atoms with E-state index in [1.165, 1.54) is 16.8 Å².